The number of imide groups is 2. The van der Waals surface area contributed by atoms with Crippen molar-refractivity contribution in [3.05, 3.63) is 29.3 Å². The lowest BCUT2D eigenvalue weighted by molar-refractivity contribution is -0.139. The van der Waals surface area contributed by atoms with Gasteiger partial charge in [-0.2, -0.15) is 0 Å². The van der Waals surface area contributed by atoms with Crippen LogP contribution in [-0.2, 0) is 19.1 Å². The molecule has 0 bridgehead atoms. The summed E-state index contributed by atoms with van der Waals surface area (Å²) >= 11 is 0. The minimum atomic E-state index is -0.990. The number of likely N-dealkylation sites (tertiary alicyclic amines) is 1. The number of benzene rings is 1. The largest absolute Gasteiger partial charge is 0.371 e. The predicted octanol–water partition coefficient (Wildman–Crippen LogP) is 0.0229. The summed E-state index contributed by atoms with van der Waals surface area (Å²) in [5.41, 5.74) is 7.13. The fourth-order valence-electron chi connectivity index (χ4n) is 5.45. The van der Waals surface area contributed by atoms with Gasteiger partial charge in [0.1, 0.15) is 12.6 Å². The maximum absolute atomic E-state index is 13.3. The van der Waals surface area contributed by atoms with Crippen molar-refractivity contribution in [3.63, 3.8) is 0 Å². The zero-order valence-electron chi connectivity index (χ0n) is 20.1. The maximum Gasteiger partial charge on any atom is 0.264 e. The monoisotopic (exact) mass is 497 g/mol. The van der Waals surface area contributed by atoms with Crippen LogP contribution in [0, 0.1) is 0 Å². The highest BCUT2D eigenvalue weighted by Gasteiger charge is 2.46. The van der Waals surface area contributed by atoms with Crippen LogP contribution in [0.1, 0.15) is 59.2 Å². The van der Waals surface area contributed by atoms with Crippen LogP contribution in [0.5, 0.6) is 0 Å². The molecule has 0 aromatic heterocycles. The van der Waals surface area contributed by atoms with Crippen LogP contribution in [0.15, 0.2) is 18.2 Å². The Hall–Kier alpha value is -3.31. The Kier molecular flexibility index (Phi) is 6.76. The number of nitrogens with two attached hydrogens (primary N) is 1. The molecule has 11 nitrogen and oxygen atoms in total. The average Bonchev–Trinajstić information content (AvgIpc) is 3.13. The number of fused-ring (bicyclic) bond motifs is 1. The van der Waals surface area contributed by atoms with E-state index in [4.69, 9.17) is 10.5 Å². The molecule has 1 atom stereocenters. The van der Waals surface area contributed by atoms with Crippen LogP contribution in [0.3, 0.4) is 0 Å². The SMILES string of the molecule is NC1CCN(C(=O)COC2CCN(c3cccc4c3C(=O)N(C3CCC(=O)NC3=O)C4=O)CC2)CC1. The molecule has 5 amide bonds. The summed E-state index contributed by atoms with van der Waals surface area (Å²) in [7, 11) is 0. The quantitative estimate of drug-likeness (QED) is 0.543. The van der Waals surface area contributed by atoms with Crippen molar-refractivity contribution in [2.24, 2.45) is 5.73 Å². The summed E-state index contributed by atoms with van der Waals surface area (Å²) in [6, 6.07) is 4.31. The molecule has 36 heavy (non-hydrogen) atoms. The number of nitrogens with one attached hydrogen (secondary N) is 1. The first-order valence-corrected chi connectivity index (χ1v) is 12.6. The molecule has 4 heterocycles. The van der Waals surface area contributed by atoms with Gasteiger partial charge in [0.05, 0.1) is 22.9 Å². The number of hydrogen-bond donors (Lipinski definition) is 2. The third-order valence-corrected chi connectivity index (χ3v) is 7.56. The van der Waals surface area contributed by atoms with Crippen molar-refractivity contribution in [2.75, 3.05) is 37.7 Å². The molecule has 4 aliphatic heterocycles. The summed E-state index contributed by atoms with van der Waals surface area (Å²) in [6.45, 7) is 2.60. The van der Waals surface area contributed by atoms with Gasteiger partial charge in [-0.3, -0.25) is 34.2 Å². The third kappa shape index (κ3) is 4.60. The van der Waals surface area contributed by atoms with Crippen molar-refractivity contribution in [2.45, 2.75) is 56.7 Å². The Balaban J connectivity index is 1.21. The van der Waals surface area contributed by atoms with Crippen molar-refractivity contribution in [1.82, 2.24) is 15.1 Å². The summed E-state index contributed by atoms with van der Waals surface area (Å²) in [6.07, 6.45) is 3.13. The molecule has 0 aliphatic carbocycles. The van der Waals surface area contributed by atoms with Gasteiger partial charge >= 0.3 is 0 Å². The Morgan fingerprint density at radius 2 is 1.69 bits per heavy atom. The molecule has 3 N–H and O–H groups in total. The number of anilines is 1. The van der Waals surface area contributed by atoms with E-state index in [2.05, 4.69) is 5.32 Å². The Morgan fingerprint density at radius 1 is 0.972 bits per heavy atom. The number of carbonyl (C=O) groups excluding carboxylic acids is 5. The van der Waals surface area contributed by atoms with Crippen LogP contribution >= 0.6 is 0 Å². The summed E-state index contributed by atoms with van der Waals surface area (Å²) in [5, 5.41) is 2.22. The molecule has 1 aromatic carbocycles. The van der Waals surface area contributed by atoms with Crippen LogP contribution in [0.4, 0.5) is 5.69 Å². The first-order chi connectivity index (χ1) is 17.3. The molecular weight excluding hydrogens is 466 g/mol. The minimum Gasteiger partial charge on any atom is -0.371 e. The van der Waals surface area contributed by atoms with E-state index in [9.17, 15) is 24.0 Å². The lowest BCUT2D eigenvalue weighted by atomic mass is 10.0. The van der Waals surface area contributed by atoms with Crippen molar-refractivity contribution < 1.29 is 28.7 Å². The Morgan fingerprint density at radius 3 is 2.39 bits per heavy atom. The van der Waals surface area contributed by atoms with E-state index in [0.29, 0.717) is 50.3 Å². The van der Waals surface area contributed by atoms with E-state index < -0.39 is 29.7 Å². The number of piperidine rings is 3. The van der Waals surface area contributed by atoms with Crippen molar-refractivity contribution >= 4 is 35.2 Å². The van der Waals surface area contributed by atoms with Crippen molar-refractivity contribution in [1.29, 1.82) is 0 Å². The number of nitrogens with zero attached hydrogens (tertiary/aromatic N) is 3. The number of carbonyl (C=O) groups is 5. The van der Waals surface area contributed by atoms with E-state index in [-0.39, 0.29) is 43.1 Å². The van der Waals surface area contributed by atoms with Gasteiger partial charge in [0.2, 0.25) is 17.7 Å². The van der Waals surface area contributed by atoms with Gasteiger partial charge in [0.15, 0.2) is 0 Å². The second-order valence-corrected chi connectivity index (χ2v) is 9.86. The Bertz CT molecular complexity index is 1090. The zero-order chi connectivity index (χ0) is 25.4. The minimum absolute atomic E-state index is 0.0112. The van der Waals surface area contributed by atoms with Gasteiger partial charge < -0.3 is 20.3 Å². The molecular formula is C25H31N5O6. The second kappa shape index (κ2) is 9.98. The first-order valence-electron chi connectivity index (χ1n) is 12.6. The van der Waals surface area contributed by atoms with Gasteiger partial charge in [-0.25, -0.2) is 0 Å². The number of amides is 5. The predicted molar refractivity (Wildman–Crippen MR) is 128 cm³/mol. The molecule has 0 saturated carbocycles. The highest BCUT2D eigenvalue weighted by atomic mass is 16.5. The molecule has 0 spiro atoms. The summed E-state index contributed by atoms with van der Waals surface area (Å²) in [4.78, 5) is 67.6. The van der Waals surface area contributed by atoms with Gasteiger partial charge in [-0.15, -0.1) is 0 Å². The standard InChI is InChI=1S/C25H31N5O6/c26-15-6-10-29(11-7-15)21(32)14-36-16-8-12-28(13-9-16)18-3-1-2-17-22(18)25(35)30(24(17)34)19-4-5-20(31)27-23(19)33/h1-3,15-16,19H,4-14,26H2,(H,27,31,33). The fourth-order valence-corrected chi connectivity index (χ4v) is 5.45. The normalized spacial score (nSPS) is 23.8. The molecule has 192 valence electrons. The number of hydrogen-bond acceptors (Lipinski definition) is 8. The topological polar surface area (TPSA) is 142 Å². The van der Waals surface area contributed by atoms with Crippen molar-refractivity contribution in [3.8, 4) is 0 Å². The molecule has 1 aromatic rings. The highest BCUT2D eigenvalue weighted by Crippen LogP contribution is 2.35. The molecule has 5 rings (SSSR count). The maximum atomic E-state index is 13.3. The first kappa shape index (κ1) is 24.4. The van der Waals surface area contributed by atoms with E-state index in [1.165, 1.54) is 0 Å². The van der Waals surface area contributed by atoms with Crippen LogP contribution in [-0.4, -0.2) is 90.3 Å². The molecule has 3 saturated heterocycles. The molecule has 1 unspecified atom stereocenters. The lowest BCUT2D eigenvalue weighted by Crippen LogP contribution is -2.54. The van der Waals surface area contributed by atoms with Gasteiger partial charge in [0, 0.05) is 38.6 Å². The summed E-state index contributed by atoms with van der Waals surface area (Å²) in [5.74, 6) is -2.06. The zero-order valence-corrected chi connectivity index (χ0v) is 20.1. The Labute approximate surface area is 208 Å². The average molecular weight is 498 g/mol. The van der Waals surface area contributed by atoms with Gasteiger partial charge in [-0.1, -0.05) is 6.07 Å². The lowest BCUT2D eigenvalue weighted by Gasteiger charge is -2.35. The van der Waals surface area contributed by atoms with Crippen LogP contribution in [0.2, 0.25) is 0 Å². The molecule has 11 heteroatoms. The van der Waals surface area contributed by atoms with E-state index in [1.807, 2.05) is 15.9 Å². The number of rotatable bonds is 5. The smallest absolute Gasteiger partial charge is 0.264 e. The van der Waals surface area contributed by atoms with E-state index in [1.54, 1.807) is 12.1 Å². The van der Waals surface area contributed by atoms with E-state index in [0.717, 1.165) is 17.7 Å². The summed E-state index contributed by atoms with van der Waals surface area (Å²) < 4.78 is 5.91. The van der Waals surface area contributed by atoms with Gasteiger partial charge in [-0.05, 0) is 44.2 Å². The second-order valence-electron chi connectivity index (χ2n) is 9.86. The molecule has 4 aliphatic rings. The fraction of sp³-hybridized carbons (Fsp3) is 0.560. The third-order valence-electron chi connectivity index (χ3n) is 7.56. The highest BCUT2D eigenvalue weighted by molar-refractivity contribution is 6.25. The number of ether oxygens (including phenoxy) is 1. The van der Waals surface area contributed by atoms with Gasteiger partial charge in [0.25, 0.3) is 11.8 Å². The molecule has 3 fully saturated rings. The van der Waals surface area contributed by atoms with Crippen LogP contribution in [0.25, 0.3) is 0 Å². The van der Waals surface area contributed by atoms with E-state index >= 15 is 0 Å². The molecule has 0 radical (unpaired) electrons. The van der Waals surface area contributed by atoms with Crippen LogP contribution < -0.4 is 16.0 Å².